The SMILES string of the molecule is Cc1cccc([C@@H](c2sc3nc(-c4ccco4)nn3c2O)N2CCN(c3ccccc3F)CC2)c1. The maximum Gasteiger partial charge on any atom is 0.230 e. The lowest BCUT2D eigenvalue weighted by atomic mass is 10.0. The summed E-state index contributed by atoms with van der Waals surface area (Å²) in [6.45, 7) is 4.88. The van der Waals surface area contributed by atoms with Gasteiger partial charge in [-0.3, -0.25) is 4.90 Å². The Kier molecular flexibility index (Phi) is 5.50. The average molecular weight is 490 g/mol. The zero-order valence-electron chi connectivity index (χ0n) is 19.1. The molecular formula is C26H24FN5O2S. The van der Waals surface area contributed by atoms with Gasteiger partial charge in [-0.05, 0) is 36.8 Å². The van der Waals surface area contributed by atoms with E-state index in [-0.39, 0.29) is 17.7 Å². The van der Waals surface area contributed by atoms with Gasteiger partial charge in [0, 0.05) is 26.2 Å². The summed E-state index contributed by atoms with van der Waals surface area (Å²) in [6, 6.07) is 18.7. The molecule has 1 aliphatic heterocycles. The van der Waals surface area contributed by atoms with E-state index < -0.39 is 0 Å². The number of benzene rings is 2. The third-order valence-electron chi connectivity index (χ3n) is 6.42. The average Bonchev–Trinajstić information content (AvgIpc) is 3.59. The van der Waals surface area contributed by atoms with Crippen LogP contribution >= 0.6 is 11.3 Å². The number of furan rings is 1. The van der Waals surface area contributed by atoms with E-state index in [1.807, 2.05) is 18.2 Å². The molecule has 0 saturated carbocycles. The number of aromatic nitrogens is 3. The summed E-state index contributed by atoms with van der Waals surface area (Å²) in [5.41, 5.74) is 2.87. The van der Waals surface area contributed by atoms with Crippen LogP contribution in [0.5, 0.6) is 5.88 Å². The second-order valence-corrected chi connectivity index (χ2v) is 9.70. The Morgan fingerprint density at radius 2 is 1.86 bits per heavy atom. The summed E-state index contributed by atoms with van der Waals surface area (Å²) in [6.07, 6.45) is 1.57. The molecule has 1 N–H and O–H groups in total. The highest BCUT2D eigenvalue weighted by molar-refractivity contribution is 7.17. The number of para-hydroxylation sites is 1. The first-order chi connectivity index (χ1) is 17.1. The smallest absolute Gasteiger partial charge is 0.230 e. The molecular weight excluding hydrogens is 465 g/mol. The van der Waals surface area contributed by atoms with Crippen molar-refractivity contribution in [2.45, 2.75) is 13.0 Å². The molecule has 1 saturated heterocycles. The highest BCUT2D eigenvalue weighted by atomic mass is 32.1. The quantitative estimate of drug-likeness (QED) is 0.370. The molecule has 35 heavy (non-hydrogen) atoms. The minimum Gasteiger partial charge on any atom is -0.492 e. The van der Waals surface area contributed by atoms with E-state index in [1.54, 1.807) is 24.5 Å². The van der Waals surface area contributed by atoms with Crippen LogP contribution in [0.15, 0.2) is 71.3 Å². The predicted molar refractivity (Wildman–Crippen MR) is 133 cm³/mol. The summed E-state index contributed by atoms with van der Waals surface area (Å²) in [5, 5.41) is 15.7. The Hall–Kier alpha value is -3.69. The molecule has 0 radical (unpaired) electrons. The lowest BCUT2D eigenvalue weighted by Gasteiger charge is -2.40. The molecule has 9 heteroatoms. The van der Waals surface area contributed by atoms with E-state index in [1.165, 1.54) is 21.9 Å². The monoisotopic (exact) mass is 489 g/mol. The molecule has 0 amide bonds. The van der Waals surface area contributed by atoms with Crippen LogP contribution in [0.2, 0.25) is 0 Å². The number of thiazole rings is 1. The summed E-state index contributed by atoms with van der Waals surface area (Å²) < 4.78 is 21.3. The van der Waals surface area contributed by atoms with Gasteiger partial charge in [0.1, 0.15) is 5.82 Å². The van der Waals surface area contributed by atoms with Crippen LogP contribution < -0.4 is 4.90 Å². The number of piperazine rings is 1. The molecule has 178 valence electrons. The first kappa shape index (κ1) is 21.8. The van der Waals surface area contributed by atoms with Gasteiger partial charge in [0.2, 0.25) is 16.7 Å². The topological polar surface area (TPSA) is 70.0 Å². The van der Waals surface area contributed by atoms with Crippen molar-refractivity contribution in [3.05, 3.63) is 88.7 Å². The first-order valence-electron chi connectivity index (χ1n) is 11.5. The number of halogens is 1. The lowest BCUT2D eigenvalue weighted by molar-refractivity contribution is 0.210. The molecule has 3 aromatic heterocycles. The van der Waals surface area contributed by atoms with Crippen molar-refractivity contribution in [1.82, 2.24) is 19.5 Å². The van der Waals surface area contributed by atoms with Gasteiger partial charge < -0.3 is 14.4 Å². The Morgan fingerprint density at radius 1 is 1.03 bits per heavy atom. The summed E-state index contributed by atoms with van der Waals surface area (Å²) in [7, 11) is 0. The second-order valence-electron chi connectivity index (χ2n) is 8.69. The highest BCUT2D eigenvalue weighted by Crippen LogP contribution is 2.41. The third kappa shape index (κ3) is 3.96. The molecule has 0 bridgehead atoms. The molecule has 6 rings (SSSR count). The molecule has 0 aliphatic carbocycles. The van der Waals surface area contributed by atoms with Gasteiger partial charge in [-0.2, -0.15) is 9.50 Å². The first-order valence-corrected chi connectivity index (χ1v) is 12.3. The summed E-state index contributed by atoms with van der Waals surface area (Å²) >= 11 is 1.43. The standard InChI is InChI=1S/C26H24FN5O2S/c1-17-6-4-7-18(16-17)22(31-13-11-30(12-14-31)20-9-3-2-8-19(20)27)23-25(33)32-26(35-23)28-24(29-32)21-10-5-15-34-21/h2-10,15-16,22,33H,11-14H2,1H3/t22-/m0/s1. The van der Waals surface area contributed by atoms with Gasteiger partial charge in [-0.15, -0.1) is 5.10 Å². The van der Waals surface area contributed by atoms with Crippen LogP contribution in [0.3, 0.4) is 0 Å². The van der Waals surface area contributed by atoms with Crippen molar-refractivity contribution in [1.29, 1.82) is 0 Å². The maximum absolute atomic E-state index is 14.4. The van der Waals surface area contributed by atoms with Crippen LogP contribution in [0.4, 0.5) is 10.1 Å². The zero-order valence-corrected chi connectivity index (χ0v) is 20.0. The maximum atomic E-state index is 14.4. The molecule has 1 atom stereocenters. The van der Waals surface area contributed by atoms with E-state index in [0.717, 1.165) is 29.1 Å². The number of rotatable bonds is 5. The molecule has 4 heterocycles. The second kappa shape index (κ2) is 8.83. The van der Waals surface area contributed by atoms with Crippen molar-refractivity contribution >= 4 is 22.0 Å². The number of anilines is 1. The fourth-order valence-corrected chi connectivity index (χ4v) is 5.85. The van der Waals surface area contributed by atoms with E-state index in [0.29, 0.717) is 35.3 Å². The van der Waals surface area contributed by atoms with Gasteiger partial charge in [-0.1, -0.05) is 53.3 Å². The van der Waals surface area contributed by atoms with Crippen molar-refractivity contribution in [2.75, 3.05) is 31.1 Å². The van der Waals surface area contributed by atoms with Crippen molar-refractivity contribution in [3.8, 4) is 17.5 Å². The van der Waals surface area contributed by atoms with Gasteiger partial charge in [0.25, 0.3) is 0 Å². The largest absolute Gasteiger partial charge is 0.492 e. The fraction of sp³-hybridized carbons (Fsp3) is 0.231. The minimum atomic E-state index is -0.202. The van der Waals surface area contributed by atoms with Crippen LogP contribution in [-0.4, -0.2) is 50.8 Å². The minimum absolute atomic E-state index is 0.0818. The van der Waals surface area contributed by atoms with Gasteiger partial charge in [-0.25, -0.2) is 4.39 Å². The molecule has 7 nitrogen and oxygen atoms in total. The Bertz CT molecular complexity index is 1470. The fourth-order valence-electron chi connectivity index (χ4n) is 4.74. The highest BCUT2D eigenvalue weighted by Gasteiger charge is 2.32. The Labute approximate surface area is 205 Å². The normalized spacial score (nSPS) is 15.7. The number of hydrogen-bond donors (Lipinski definition) is 1. The number of aromatic hydroxyl groups is 1. The number of fused-ring (bicyclic) bond motifs is 1. The van der Waals surface area contributed by atoms with Crippen LogP contribution in [0.1, 0.15) is 22.0 Å². The van der Waals surface area contributed by atoms with Crippen LogP contribution in [0.25, 0.3) is 16.5 Å². The molecule has 0 spiro atoms. The van der Waals surface area contributed by atoms with Gasteiger partial charge in [0.15, 0.2) is 5.76 Å². The van der Waals surface area contributed by atoms with E-state index >= 15 is 0 Å². The van der Waals surface area contributed by atoms with E-state index in [4.69, 9.17) is 4.42 Å². The molecule has 2 aromatic carbocycles. The lowest BCUT2D eigenvalue weighted by Crippen LogP contribution is -2.48. The van der Waals surface area contributed by atoms with Crippen LogP contribution in [-0.2, 0) is 0 Å². The van der Waals surface area contributed by atoms with Gasteiger partial charge >= 0.3 is 0 Å². The van der Waals surface area contributed by atoms with E-state index in [2.05, 4.69) is 45.0 Å². The third-order valence-corrected chi connectivity index (χ3v) is 7.49. The Morgan fingerprint density at radius 3 is 2.57 bits per heavy atom. The number of hydrogen-bond acceptors (Lipinski definition) is 7. The van der Waals surface area contributed by atoms with Crippen LogP contribution in [0, 0.1) is 12.7 Å². The molecule has 5 aromatic rings. The van der Waals surface area contributed by atoms with Crippen molar-refractivity contribution in [2.24, 2.45) is 0 Å². The molecule has 1 aliphatic rings. The summed E-state index contributed by atoms with van der Waals surface area (Å²) in [5.74, 6) is 0.875. The number of aryl methyl sites for hydroxylation is 1. The zero-order chi connectivity index (χ0) is 23.9. The molecule has 1 fully saturated rings. The molecule has 0 unspecified atom stereocenters. The van der Waals surface area contributed by atoms with Crippen molar-refractivity contribution in [3.63, 3.8) is 0 Å². The van der Waals surface area contributed by atoms with E-state index in [9.17, 15) is 9.50 Å². The summed E-state index contributed by atoms with van der Waals surface area (Å²) in [4.78, 5) is 10.4. The predicted octanol–water partition coefficient (Wildman–Crippen LogP) is 5.12. The number of nitrogens with zero attached hydrogens (tertiary/aromatic N) is 5. The Balaban J connectivity index is 1.35. The van der Waals surface area contributed by atoms with Crippen molar-refractivity contribution < 1.29 is 13.9 Å². The van der Waals surface area contributed by atoms with Gasteiger partial charge in [0.05, 0.1) is 22.9 Å².